The van der Waals surface area contributed by atoms with Gasteiger partial charge in [-0.3, -0.25) is 15.4 Å². The Kier molecular flexibility index (Phi) is 5.98. The van der Waals surface area contributed by atoms with Crippen LogP contribution in [0.1, 0.15) is 22.7 Å². The number of hydrogen-bond acceptors (Lipinski definition) is 13. The topological polar surface area (TPSA) is 248 Å². The molecule has 0 fully saturated rings. The number of rotatable bonds is 6. The molecular weight excluding hydrogens is 438 g/mol. The number of ether oxygens (including phenoxy) is 2. The number of benzene rings is 1. The van der Waals surface area contributed by atoms with Crippen LogP contribution in [0.3, 0.4) is 0 Å². The molecule has 0 aliphatic carbocycles. The molecule has 1 aliphatic rings. The molecule has 0 radical (unpaired) electrons. The lowest BCUT2D eigenvalue weighted by molar-refractivity contribution is -0.385. The lowest BCUT2D eigenvalue weighted by Crippen LogP contribution is -2.33. The number of pyridine rings is 1. The molecule has 0 amide bonds. The van der Waals surface area contributed by atoms with Crippen LogP contribution >= 0.6 is 0 Å². The summed E-state index contributed by atoms with van der Waals surface area (Å²) in [4.78, 5) is 30.3. The standard InChI is InChI=1S/C18H15N9O6/c1-32-10-3-7(27(30)31)2-8(15(10)33-5-11(28)29)14-12-13(21)9(4-19)16(22)25-17(12)26-18(24-14)23-6-20/h2-3,14H,5H2,1H3,(H,28,29)(H6,21,22,23,24,25,26). The summed E-state index contributed by atoms with van der Waals surface area (Å²) < 4.78 is 10.5. The molecule has 15 nitrogen and oxygen atoms in total. The van der Waals surface area contributed by atoms with E-state index in [4.69, 9.17) is 31.3 Å². The lowest BCUT2D eigenvalue weighted by atomic mass is 9.93. The van der Waals surface area contributed by atoms with Crippen molar-refractivity contribution in [3.05, 3.63) is 38.9 Å². The Morgan fingerprint density at radius 2 is 2.15 bits per heavy atom. The highest BCUT2D eigenvalue weighted by Gasteiger charge is 2.34. The summed E-state index contributed by atoms with van der Waals surface area (Å²) in [6.07, 6.45) is 1.67. The van der Waals surface area contributed by atoms with Crippen molar-refractivity contribution in [3.63, 3.8) is 0 Å². The van der Waals surface area contributed by atoms with Crippen molar-refractivity contribution >= 4 is 34.9 Å². The largest absolute Gasteiger partial charge is 0.493 e. The zero-order valence-corrected chi connectivity index (χ0v) is 16.8. The van der Waals surface area contributed by atoms with Gasteiger partial charge in [-0.25, -0.2) is 14.8 Å². The Labute approximate surface area is 185 Å². The molecule has 1 unspecified atom stereocenters. The van der Waals surface area contributed by atoms with Gasteiger partial charge in [0.05, 0.1) is 23.8 Å². The number of hydrogen-bond donors (Lipinski definition) is 5. The van der Waals surface area contributed by atoms with Crippen LogP contribution in [0.15, 0.2) is 17.1 Å². The Hall–Kier alpha value is -5.31. The molecule has 2 heterocycles. The van der Waals surface area contributed by atoms with Crippen LogP contribution in [0.25, 0.3) is 0 Å². The zero-order chi connectivity index (χ0) is 24.3. The number of nitro groups is 1. The van der Waals surface area contributed by atoms with Gasteiger partial charge in [-0.2, -0.15) is 10.5 Å². The van der Waals surface area contributed by atoms with E-state index < -0.39 is 29.2 Å². The van der Waals surface area contributed by atoms with Crippen LogP contribution in [-0.4, -0.2) is 40.7 Å². The van der Waals surface area contributed by atoms with E-state index in [2.05, 4.69) is 20.6 Å². The first kappa shape index (κ1) is 22.4. The number of carboxylic acids is 1. The molecule has 168 valence electrons. The molecule has 7 N–H and O–H groups in total. The third-order valence-electron chi connectivity index (χ3n) is 4.49. The van der Waals surface area contributed by atoms with Crippen LogP contribution in [0, 0.1) is 32.9 Å². The number of aliphatic carboxylic acids is 1. The number of nitrogen functional groups attached to an aromatic ring is 2. The number of carboxylic acid groups (broad SMARTS) is 1. The Bertz CT molecular complexity index is 1280. The van der Waals surface area contributed by atoms with Crippen molar-refractivity contribution in [2.45, 2.75) is 6.04 Å². The Balaban J connectivity index is 2.37. The summed E-state index contributed by atoms with van der Waals surface area (Å²) in [5.74, 6) is -1.91. The first-order valence-corrected chi connectivity index (χ1v) is 8.91. The van der Waals surface area contributed by atoms with Crippen LogP contribution in [-0.2, 0) is 4.79 Å². The SMILES string of the molecule is COc1cc([N+](=O)[O-])cc(C2N=C(NC#N)Nc3nc(N)c(C#N)c(N)c32)c1OCC(=O)O. The molecule has 0 spiro atoms. The van der Waals surface area contributed by atoms with Crippen molar-refractivity contribution in [2.24, 2.45) is 4.99 Å². The van der Waals surface area contributed by atoms with Gasteiger partial charge >= 0.3 is 5.97 Å². The molecule has 1 aromatic carbocycles. The average Bonchev–Trinajstić information content (AvgIpc) is 2.76. The van der Waals surface area contributed by atoms with Gasteiger partial charge in [-0.05, 0) is 0 Å². The minimum atomic E-state index is -1.32. The number of fused-ring (bicyclic) bond motifs is 1. The van der Waals surface area contributed by atoms with E-state index in [0.717, 1.165) is 12.1 Å². The van der Waals surface area contributed by atoms with E-state index in [1.54, 1.807) is 6.19 Å². The Morgan fingerprint density at radius 3 is 2.73 bits per heavy atom. The maximum Gasteiger partial charge on any atom is 0.341 e. The quantitative estimate of drug-likeness (QED) is 0.172. The van der Waals surface area contributed by atoms with Gasteiger partial charge in [-0.15, -0.1) is 0 Å². The van der Waals surface area contributed by atoms with Crippen molar-refractivity contribution in [1.29, 1.82) is 10.5 Å². The number of nitro benzene ring substituents is 1. The molecule has 0 saturated carbocycles. The molecule has 1 atom stereocenters. The highest BCUT2D eigenvalue weighted by Crippen LogP contribution is 2.47. The van der Waals surface area contributed by atoms with Gasteiger partial charge in [0.2, 0.25) is 5.96 Å². The van der Waals surface area contributed by atoms with E-state index in [1.807, 2.05) is 6.07 Å². The number of nitriles is 2. The van der Waals surface area contributed by atoms with Crippen LogP contribution in [0.2, 0.25) is 0 Å². The minimum Gasteiger partial charge on any atom is -0.493 e. The predicted molar refractivity (Wildman–Crippen MR) is 112 cm³/mol. The zero-order valence-electron chi connectivity index (χ0n) is 16.8. The maximum absolute atomic E-state index is 11.5. The fraction of sp³-hybridized carbons (Fsp3) is 0.167. The summed E-state index contributed by atoms with van der Waals surface area (Å²) in [7, 11) is 1.21. The van der Waals surface area contributed by atoms with Gasteiger partial charge in [0.1, 0.15) is 29.3 Å². The molecule has 0 saturated heterocycles. The Morgan fingerprint density at radius 1 is 1.42 bits per heavy atom. The lowest BCUT2D eigenvalue weighted by Gasteiger charge is -2.27. The van der Waals surface area contributed by atoms with Crippen molar-refractivity contribution in [3.8, 4) is 23.8 Å². The number of anilines is 3. The predicted octanol–water partition coefficient (Wildman–Crippen LogP) is 0.439. The highest BCUT2D eigenvalue weighted by molar-refractivity contribution is 5.98. The number of aromatic nitrogens is 1. The summed E-state index contributed by atoms with van der Waals surface area (Å²) in [5, 5.41) is 44.0. The molecule has 1 aliphatic heterocycles. The van der Waals surface area contributed by atoms with Crippen molar-refractivity contribution in [1.82, 2.24) is 10.3 Å². The van der Waals surface area contributed by atoms with E-state index in [1.165, 1.54) is 7.11 Å². The van der Waals surface area contributed by atoms with E-state index in [9.17, 15) is 20.2 Å². The summed E-state index contributed by atoms with van der Waals surface area (Å²) in [6.45, 7) is -0.801. The summed E-state index contributed by atoms with van der Waals surface area (Å²) in [5.41, 5.74) is 11.4. The monoisotopic (exact) mass is 453 g/mol. The number of aliphatic imine (C=N–C) groups is 1. The maximum atomic E-state index is 11.5. The van der Waals surface area contributed by atoms with E-state index >= 15 is 0 Å². The second kappa shape index (κ2) is 8.82. The number of guanidine groups is 1. The number of nitrogens with two attached hydrogens (primary N) is 2. The number of nitrogens with one attached hydrogen (secondary N) is 2. The fourth-order valence-corrected chi connectivity index (χ4v) is 3.16. The summed E-state index contributed by atoms with van der Waals surface area (Å²) in [6, 6.07) is 2.74. The van der Waals surface area contributed by atoms with Crippen LogP contribution < -0.4 is 31.6 Å². The van der Waals surface area contributed by atoms with Crippen LogP contribution in [0.4, 0.5) is 23.0 Å². The second-order valence-corrected chi connectivity index (χ2v) is 6.41. The number of non-ortho nitro benzene ring substituents is 1. The van der Waals surface area contributed by atoms with Gasteiger partial charge < -0.3 is 31.4 Å². The minimum absolute atomic E-state index is 0.0237. The second-order valence-electron chi connectivity index (χ2n) is 6.41. The average molecular weight is 453 g/mol. The molecule has 33 heavy (non-hydrogen) atoms. The third kappa shape index (κ3) is 4.14. The molecule has 15 heteroatoms. The van der Waals surface area contributed by atoms with Gasteiger partial charge in [0, 0.05) is 17.2 Å². The van der Waals surface area contributed by atoms with Gasteiger partial charge in [-0.1, -0.05) is 0 Å². The summed E-state index contributed by atoms with van der Waals surface area (Å²) >= 11 is 0. The van der Waals surface area contributed by atoms with Crippen molar-refractivity contribution < 1.29 is 24.3 Å². The highest BCUT2D eigenvalue weighted by atomic mass is 16.6. The number of carbonyl (C=O) groups is 1. The van der Waals surface area contributed by atoms with Gasteiger partial charge in [0.15, 0.2) is 24.3 Å². The first-order chi connectivity index (χ1) is 15.7. The number of nitrogens with zero attached hydrogens (tertiary/aromatic N) is 5. The number of methoxy groups -OCH3 is 1. The molecule has 3 rings (SSSR count). The molecule has 0 bridgehead atoms. The van der Waals surface area contributed by atoms with Gasteiger partial charge in [0.25, 0.3) is 5.69 Å². The van der Waals surface area contributed by atoms with Crippen molar-refractivity contribution in [2.75, 3.05) is 30.5 Å². The van der Waals surface area contributed by atoms with Crippen LogP contribution in [0.5, 0.6) is 11.5 Å². The normalized spacial score (nSPS) is 13.9. The van der Waals surface area contributed by atoms with E-state index in [-0.39, 0.29) is 51.5 Å². The molecular formula is C18H15N9O6. The fourth-order valence-electron chi connectivity index (χ4n) is 3.16. The first-order valence-electron chi connectivity index (χ1n) is 8.91. The molecule has 1 aromatic heterocycles. The molecule has 2 aromatic rings. The smallest absolute Gasteiger partial charge is 0.341 e. The van der Waals surface area contributed by atoms with E-state index in [0.29, 0.717) is 0 Å². The third-order valence-corrected chi connectivity index (χ3v) is 4.49.